The summed E-state index contributed by atoms with van der Waals surface area (Å²) in [5.41, 5.74) is 0. The molecule has 0 unspecified atom stereocenters. The largest absolute Gasteiger partial charge is 0.502 e. The highest BCUT2D eigenvalue weighted by Gasteiger charge is 2.16. The van der Waals surface area contributed by atoms with Crippen LogP contribution in [0.15, 0.2) is 0 Å². The first-order valence-electron chi connectivity index (χ1n) is 3.53. The van der Waals surface area contributed by atoms with Gasteiger partial charge in [0.2, 0.25) is 0 Å². The van der Waals surface area contributed by atoms with Crippen molar-refractivity contribution in [1.29, 1.82) is 0 Å². The summed E-state index contributed by atoms with van der Waals surface area (Å²) < 4.78 is 0. The first kappa shape index (κ1) is 7.00. The first-order chi connectivity index (χ1) is 4.30. The van der Waals surface area contributed by atoms with E-state index in [9.17, 15) is 0 Å². The molecular weight excluding hydrogens is 132 g/mol. The van der Waals surface area contributed by atoms with Gasteiger partial charge in [-0.15, -0.1) is 0 Å². The summed E-state index contributed by atoms with van der Waals surface area (Å²) in [4.78, 5) is 0. The average molecular weight is 144 g/mol. The predicted molar refractivity (Wildman–Crippen MR) is 41.8 cm³/mol. The summed E-state index contributed by atoms with van der Waals surface area (Å²) in [6.45, 7) is 0. The third kappa shape index (κ3) is 1.94. The van der Waals surface area contributed by atoms with Crippen molar-refractivity contribution in [2.24, 2.45) is 5.92 Å². The summed E-state index contributed by atoms with van der Waals surface area (Å²) in [6.07, 6.45) is 6.01. The van der Waals surface area contributed by atoms with Gasteiger partial charge in [-0.2, -0.15) is 0 Å². The fourth-order valence-electron chi connectivity index (χ4n) is 1.35. The lowest BCUT2D eigenvalue weighted by molar-refractivity contribution is 0.392. The van der Waals surface area contributed by atoms with Gasteiger partial charge in [0.15, 0.2) is 5.05 Å². The van der Waals surface area contributed by atoms with Crippen LogP contribution in [0.2, 0.25) is 0 Å². The van der Waals surface area contributed by atoms with Crippen LogP contribution in [0.25, 0.3) is 0 Å². The van der Waals surface area contributed by atoms with Crippen LogP contribution in [-0.4, -0.2) is 10.2 Å². The molecule has 1 fully saturated rings. The maximum atomic E-state index is 8.91. The smallest absolute Gasteiger partial charge is 0.159 e. The summed E-state index contributed by atoms with van der Waals surface area (Å²) in [7, 11) is 0. The van der Waals surface area contributed by atoms with Crippen molar-refractivity contribution >= 4 is 17.3 Å². The Morgan fingerprint density at radius 2 is 1.78 bits per heavy atom. The molecule has 1 saturated carbocycles. The molecule has 1 rings (SSSR count). The van der Waals surface area contributed by atoms with E-state index in [1.807, 2.05) is 0 Å². The molecule has 0 saturated heterocycles. The van der Waals surface area contributed by atoms with Gasteiger partial charge >= 0.3 is 0 Å². The fourth-order valence-corrected chi connectivity index (χ4v) is 1.59. The van der Waals surface area contributed by atoms with Gasteiger partial charge in [0.05, 0.1) is 0 Å². The maximum absolute atomic E-state index is 8.91. The third-order valence-corrected chi connectivity index (χ3v) is 2.29. The Morgan fingerprint density at radius 3 is 2.11 bits per heavy atom. The molecule has 1 nitrogen and oxygen atoms in total. The number of thiocarbonyl (C=S) groups is 1. The zero-order valence-corrected chi connectivity index (χ0v) is 6.28. The van der Waals surface area contributed by atoms with Crippen LogP contribution in [0.5, 0.6) is 0 Å². The van der Waals surface area contributed by atoms with Crippen LogP contribution in [-0.2, 0) is 0 Å². The molecule has 0 bridgehead atoms. The monoisotopic (exact) mass is 144 g/mol. The molecule has 0 aromatic rings. The van der Waals surface area contributed by atoms with E-state index in [-0.39, 0.29) is 5.05 Å². The summed E-state index contributed by atoms with van der Waals surface area (Å²) in [6, 6.07) is 0. The molecule has 0 radical (unpaired) electrons. The van der Waals surface area contributed by atoms with Crippen molar-refractivity contribution in [1.82, 2.24) is 0 Å². The molecule has 2 heteroatoms. The minimum absolute atomic E-state index is 0.231. The lowest BCUT2D eigenvalue weighted by atomic mass is 9.90. The molecule has 52 valence electrons. The van der Waals surface area contributed by atoms with Gasteiger partial charge in [-0.3, -0.25) is 0 Å². The molecule has 1 aliphatic carbocycles. The van der Waals surface area contributed by atoms with Gasteiger partial charge in [0.25, 0.3) is 0 Å². The van der Waals surface area contributed by atoms with E-state index >= 15 is 0 Å². The normalized spacial score (nSPS) is 21.8. The van der Waals surface area contributed by atoms with Crippen LogP contribution < -0.4 is 0 Å². The van der Waals surface area contributed by atoms with Crippen molar-refractivity contribution in [3.8, 4) is 0 Å². The number of hydrogen-bond acceptors (Lipinski definition) is 1. The highest BCUT2D eigenvalue weighted by Crippen LogP contribution is 2.23. The lowest BCUT2D eigenvalue weighted by Gasteiger charge is -2.18. The van der Waals surface area contributed by atoms with Gasteiger partial charge < -0.3 is 5.11 Å². The third-order valence-electron chi connectivity index (χ3n) is 1.95. The Hall–Kier alpha value is -0.110. The molecule has 1 N–H and O–H groups in total. The van der Waals surface area contributed by atoms with Crippen LogP contribution in [0.3, 0.4) is 0 Å². The predicted octanol–water partition coefficient (Wildman–Crippen LogP) is 2.45. The SMILES string of the molecule is OC(=S)C1CCCCC1. The minimum Gasteiger partial charge on any atom is -0.502 e. The van der Waals surface area contributed by atoms with E-state index in [4.69, 9.17) is 5.11 Å². The first-order valence-corrected chi connectivity index (χ1v) is 3.94. The molecule has 0 aromatic carbocycles. The average Bonchev–Trinajstić information content (AvgIpc) is 1.90. The molecule has 0 amide bonds. The van der Waals surface area contributed by atoms with Crippen molar-refractivity contribution in [3.63, 3.8) is 0 Å². The minimum atomic E-state index is 0.231. The van der Waals surface area contributed by atoms with Crippen molar-refractivity contribution in [2.45, 2.75) is 32.1 Å². The quantitative estimate of drug-likeness (QED) is 0.570. The van der Waals surface area contributed by atoms with E-state index in [1.54, 1.807) is 0 Å². The number of aliphatic hydroxyl groups excluding tert-OH is 1. The topological polar surface area (TPSA) is 20.2 Å². The van der Waals surface area contributed by atoms with Gasteiger partial charge in [0.1, 0.15) is 0 Å². The van der Waals surface area contributed by atoms with Crippen LogP contribution in [0.4, 0.5) is 0 Å². The fraction of sp³-hybridized carbons (Fsp3) is 0.857. The summed E-state index contributed by atoms with van der Waals surface area (Å²) in [5.74, 6) is 0.341. The molecule has 0 aliphatic heterocycles. The second-order valence-electron chi connectivity index (χ2n) is 2.67. The molecule has 0 atom stereocenters. The lowest BCUT2D eigenvalue weighted by Crippen LogP contribution is -2.14. The highest BCUT2D eigenvalue weighted by molar-refractivity contribution is 7.80. The van der Waals surface area contributed by atoms with Gasteiger partial charge in [0, 0.05) is 5.92 Å². The van der Waals surface area contributed by atoms with Gasteiger partial charge in [-0.1, -0.05) is 19.3 Å². The van der Waals surface area contributed by atoms with Crippen molar-refractivity contribution in [3.05, 3.63) is 0 Å². The second kappa shape index (κ2) is 3.16. The Balaban J connectivity index is 2.31. The standard InChI is InChI=1S/C7H12OS/c8-7(9)6-4-2-1-3-5-6/h6H,1-5H2,(H,8,9). The zero-order valence-electron chi connectivity index (χ0n) is 5.47. The molecular formula is C7H12OS. The number of aliphatic hydroxyl groups is 1. The molecule has 1 aliphatic rings. The van der Waals surface area contributed by atoms with Crippen LogP contribution >= 0.6 is 12.2 Å². The van der Waals surface area contributed by atoms with E-state index in [0.717, 1.165) is 12.8 Å². The zero-order chi connectivity index (χ0) is 6.69. The second-order valence-corrected chi connectivity index (χ2v) is 3.09. The van der Waals surface area contributed by atoms with E-state index in [0.29, 0.717) is 5.92 Å². The highest BCUT2D eigenvalue weighted by atomic mass is 32.1. The summed E-state index contributed by atoms with van der Waals surface area (Å²) in [5, 5.41) is 9.14. The molecule has 0 heterocycles. The van der Waals surface area contributed by atoms with Gasteiger partial charge in [-0.25, -0.2) is 0 Å². The molecule has 0 aromatic heterocycles. The Labute approximate surface area is 61.1 Å². The van der Waals surface area contributed by atoms with E-state index in [2.05, 4.69) is 12.2 Å². The van der Waals surface area contributed by atoms with Gasteiger partial charge in [-0.05, 0) is 25.1 Å². The summed E-state index contributed by atoms with van der Waals surface area (Å²) >= 11 is 4.67. The van der Waals surface area contributed by atoms with E-state index < -0.39 is 0 Å². The molecule has 0 spiro atoms. The Bertz CT molecular complexity index is 105. The Morgan fingerprint density at radius 1 is 1.22 bits per heavy atom. The van der Waals surface area contributed by atoms with Crippen LogP contribution in [0.1, 0.15) is 32.1 Å². The van der Waals surface area contributed by atoms with Crippen molar-refractivity contribution in [2.75, 3.05) is 0 Å². The van der Waals surface area contributed by atoms with E-state index in [1.165, 1.54) is 19.3 Å². The molecule has 9 heavy (non-hydrogen) atoms. The number of rotatable bonds is 1. The van der Waals surface area contributed by atoms with Crippen LogP contribution in [0, 0.1) is 5.92 Å². The van der Waals surface area contributed by atoms with Crippen molar-refractivity contribution < 1.29 is 5.11 Å². The number of hydrogen-bond donors (Lipinski definition) is 1. The maximum Gasteiger partial charge on any atom is 0.159 e. The Kier molecular flexibility index (Phi) is 2.46.